The monoisotopic (exact) mass is 667 g/mol. The van der Waals surface area contributed by atoms with Gasteiger partial charge in [-0.2, -0.15) is 0 Å². The first-order valence-electron chi connectivity index (χ1n) is 17.2. The lowest BCUT2D eigenvalue weighted by molar-refractivity contribution is 0.620. The molecular formula is C46H29N5O. The van der Waals surface area contributed by atoms with Gasteiger partial charge in [0.2, 0.25) is 5.89 Å². The standard InChI is InChI=1S/C46H29N5O/c1-3-14-30(15-4-1)32-18-13-19-33(28-32)44-48-43(31-16-5-2-6-17-31)49-45(50-44)37-29-34(46-47-38-22-9-12-25-42(38)52-46)26-27-41(37)51-39-23-10-7-20-35(39)36-21-8-11-24-40(36)51/h1-29H. The third-order valence-electron chi connectivity index (χ3n) is 9.49. The molecule has 0 unspecified atom stereocenters. The molecule has 0 fully saturated rings. The van der Waals surface area contributed by atoms with Gasteiger partial charge in [-0.15, -0.1) is 0 Å². The summed E-state index contributed by atoms with van der Waals surface area (Å²) in [6.07, 6.45) is 0. The van der Waals surface area contributed by atoms with E-state index in [2.05, 4.69) is 120 Å². The van der Waals surface area contributed by atoms with Crippen molar-refractivity contribution >= 4 is 32.9 Å². The summed E-state index contributed by atoms with van der Waals surface area (Å²) in [5.41, 5.74) is 10.3. The van der Waals surface area contributed by atoms with Gasteiger partial charge in [-0.05, 0) is 59.7 Å². The number of hydrogen-bond donors (Lipinski definition) is 0. The van der Waals surface area contributed by atoms with Crippen LogP contribution in [0, 0.1) is 0 Å². The Balaban J connectivity index is 1.25. The van der Waals surface area contributed by atoms with E-state index in [0.29, 0.717) is 23.4 Å². The zero-order valence-electron chi connectivity index (χ0n) is 27.9. The van der Waals surface area contributed by atoms with Crippen LogP contribution in [-0.4, -0.2) is 24.5 Å². The minimum atomic E-state index is 0.532. The lowest BCUT2D eigenvalue weighted by Crippen LogP contribution is -2.04. The summed E-state index contributed by atoms with van der Waals surface area (Å²) >= 11 is 0. The van der Waals surface area contributed by atoms with Crippen LogP contribution in [0.1, 0.15) is 0 Å². The van der Waals surface area contributed by atoms with Gasteiger partial charge < -0.3 is 8.98 Å². The predicted molar refractivity (Wildman–Crippen MR) is 209 cm³/mol. The SMILES string of the molecule is c1ccc(-c2cccc(-c3nc(-c4ccccc4)nc(-c4cc(-c5nc6ccccc6o5)ccc4-n4c5ccccc5c5ccccc54)n3)c2)cc1. The van der Waals surface area contributed by atoms with Crippen molar-refractivity contribution in [2.45, 2.75) is 0 Å². The Labute approximate surface area is 299 Å². The van der Waals surface area contributed by atoms with Gasteiger partial charge in [0, 0.05) is 33.0 Å². The molecule has 0 aliphatic rings. The summed E-state index contributed by atoms with van der Waals surface area (Å²) in [4.78, 5) is 20.4. The molecule has 0 saturated heterocycles. The first kappa shape index (κ1) is 29.7. The second-order valence-electron chi connectivity index (χ2n) is 12.7. The molecule has 0 atom stereocenters. The third kappa shape index (κ3) is 5.13. The van der Waals surface area contributed by atoms with Crippen LogP contribution in [0.5, 0.6) is 0 Å². The normalized spacial score (nSPS) is 11.5. The van der Waals surface area contributed by atoms with Crippen molar-refractivity contribution in [2.75, 3.05) is 0 Å². The molecule has 3 aromatic heterocycles. The lowest BCUT2D eigenvalue weighted by Gasteiger charge is -2.16. The minimum absolute atomic E-state index is 0.532. The fraction of sp³-hybridized carbons (Fsp3) is 0. The molecular weight excluding hydrogens is 639 g/mol. The van der Waals surface area contributed by atoms with E-state index < -0.39 is 0 Å². The summed E-state index contributed by atoms with van der Waals surface area (Å²) in [6.45, 7) is 0. The quantitative estimate of drug-likeness (QED) is 0.176. The lowest BCUT2D eigenvalue weighted by atomic mass is 10.0. The molecule has 0 N–H and O–H groups in total. The number of hydrogen-bond acceptors (Lipinski definition) is 5. The van der Waals surface area contributed by atoms with Crippen LogP contribution in [0.3, 0.4) is 0 Å². The molecule has 52 heavy (non-hydrogen) atoms. The van der Waals surface area contributed by atoms with Gasteiger partial charge in [-0.25, -0.2) is 19.9 Å². The molecule has 3 heterocycles. The van der Waals surface area contributed by atoms with Gasteiger partial charge in [-0.3, -0.25) is 0 Å². The van der Waals surface area contributed by atoms with Crippen molar-refractivity contribution in [2.24, 2.45) is 0 Å². The fourth-order valence-electron chi connectivity index (χ4n) is 7.03. The average Bonchev–Trinajstić information content (AvgIpc) is 3.81. The molecule has 6 heteroatoms. The maximum Gasteiger partial charge on any atom is 0.227 e. The minimum Gasteiger partial charge on any atom is -0.436 e. The highest BCUT2D eigenvalue weighted by Gasteiger charge is 2.21. The number of nitrogens with zero attached hydrogens (tertiary/aromatic N) is 5. The number of fused-ring (bicyclic) bond motifs is 4. The number of rotatable bonds is 6. The Hall–Kier alpha value is -7.18. The topological polar surface area (TPSA) is 69.6 Å². The summed E-state index contributed by atoms with van der Waals surface area (Å²) in [5, 5.41) is 2.34. The highest BCUT2D eigenvalue weighted by molar-refractivity contribution is 6.09. The van der Waals surface area contributed by atoms with Gasteiger partial charge in [0.1, 0.15) is 5.52 Å². The number of aromatic nitrogens is 5. The van der Waals surface area contributed by atoms with Crippen molar-refractivity contribution in [3.63, 3.8) is 0 Å². The van der Waals surface area contributed by atoms with E-state index in [0.717, 1.165) is 61.2 Å². The van der Waals surface area contributed by atoms with Crippen LogP contribution in [0.15, 0.2) is 180 Å². The predicted octanol–water partition coefficient (Wildman–Crippen LogP) is 11.4. The number of benzene rings is 7. The summed E-state index contributed by atoms with van der Waals surface area (Å²) < 4.78 is 8.59. The van der Waals surface area contributed by atoms with Crippen molar-refractivity contribution in [1.29, 1.82) is 0 Å². The Morgan fingerprint density at radius 2 is 0.962 bits per heavy atom. The van der Waals surface area contributed by atoms with Gasteiger partial charge in [-0.1, -0.05) is 127 Å². The molecule has 7 aromatic carbocycles. The first-order chi connectivity index (χ1) is 25.8. The van der Waals surface area contributed by atoms with E-state index in [1.165, 1.54) is 10.8 Å². The average molecular weight is 668 g/mol. The Morgan fingerprint density at radius 1 is 0.385 bits per heavy atom. The van der Waals surface area contributed by atoms with Gasteiger partial charge >= 0.3 is 0 Å². The van der Waals surface area contributed by atoms with Crippen molar-refractivity contribution in [3.8, 4) is 62.4 Å². The van der Waals surface area contributed by atoms with E-state index >= 15 is 0 Å². The highest BCUT2D eigenvalue weighted by Crippen LogP contribution is 2.38. The molecule has 244 valence electrons. The molecule has 0 radical (unpaired) electrons. The molecule has 0 saturated carbocycles. The molecule has 0 bridgehead atoms. The van der Waals surface area contributed by atoms with Crippen molar-refractivity contribution < 1.29 is 4.42 Å². The van der Waals surface area contributed by atoms with Gasteiger partial charge in [0.05, 0.1) is 16.7 Å². The van der Waals surface area contributed by atoms with Crippen LogP contribution in [-0.2, 0) is 0 Å². The van der Waals surface area contributed by atoms with Gasteiger partial charge in [0.25, 0.3) is 0 Å². The largest absolute Gasteiger partial charge is 0.436 e. The number of oxazole rings is 1. The first-order valence-corrected chi connectivity index (χ1v) is 17.2. The zero-order valence-corrected chi connectivity index (χ0v) is 27.9. The van der Waals surface area contributed by atoms with Crippen LogP contribution < -0.4 is 0 Å². The summed E-state index contributed by atoms with van der Waals surface area (Å²) in [5.74, 6) is 2.25. The highest BCUT2D eigenvalue weighted by atomic mass is 16.3. The summed E-state index contributed by atoms with van der Waals surface area (Å²) in [7, 11) is 0. The van der Waals surface area contributed by atoms with E-state index in [4.69, 9.17) is 24.4 Å². The van der Waals surface area contributed by atoms with Crippen molar-refractivity contribution in [1.82, 2.24) is 24.5 Å². The van der Waals surface area contributed by atoms with Crippen LogP contribution in [0.2, 0.25) is 0 Å². The maximum absolute atomic E-state index is 6.29. The van der Waals surface area contributed by atoms with Crippen molar-refractivity contribution in [3.05, 3.63) is 176 Å². The van der Waals surface area contributed by atoms with E-state index in [9.17, 15) is 0 Å². The molecule has 10 rings (SSSR count). The van der Waals surface area contributed by atoms with Crippen LogP contribution >= 0.6 is 0 Å². The Bertz CT molecular complexity index is 2820. The molecule has 0 aliphatic carbocycles. The van der Waals surface area contributed by atoms with E-state index in [-0.39, 0.29) is 0 Å². The van der Waals surface area contributed by atoms with Crippen LogP contribution in [0.4, 0.5) is 0 Å². The Kier molecular flexibility index (Phi) is 7.03. The molecule has 6 nitrogen and oxygen atoms in total. The van der Waals surface area contributed by atoms with E-state index in [1.807, 2.05) is 60.7 Å². The fourth-order valence-corrected chi connectivity index (χ4v) is 7.03. The Morgan fingerprint density at radius 3 is 1.69 bits per heavy atom. The smallest absolute Gasteiger partial charge is 0.227 e. The molecule has 0 amide bonds. The van der Waals surface area contributed by atoms with E-state index in [1.54, 1.807) is 0 Å². The van der Waals surface area contributed by atoms with Gasteiger partial charge in [0.15, 0.2) is 23.1 Å². The molecule has 10 aromatic rings. The molecule has 0 spiro atoms. The third-order valence-corrected chi connectivity index (χ3v) is 9.49. The second-order valence-corrected chi connectivity index (χ2v) is 12.7. The second kappa shape index (κ2) is 12.3. The maximum atomic E-state index is 6.29. The van der Waals surface area contributed by atoms with Crippen LogP contribution in [0.25, 0.3) is 95.3 Å². The summed E-state index contributed by atoms with van der Waals surface area (Å²) in [6, 6.07) is 59.9. The number of para-hydroxylation sites is 4. The zero-order chi connectivity index (χ0) is 34.4. The molecule has 0 aliphatic heterocycles.